The average molecular weight is 249 g/mol. The van der Waals surface area contributed by atoms with Crippen molar-refractivity contribution in [3.63, 3.8) is 0 Å². The van der Waals surface area contributed by atoms with Gasteiger partial charge in [-0.3, -0.25) is 0 Å². The maximum atomic E-state index is 6.41. The zero-order valence-corrected chi connectivity index (χ0v) is 11.4. The molecule has 2 N–H and O–H groups in total. The second-order valence-electron chi connectivity index (χ2n) is 5.46. The maximum absolute atomic E-state index is 6.41. The SMILES string of the molecule is Cc1cc(OCC2(N)CCCCCC2)nc(C)n1. The lowest BCUT2D eigenvalue weighted by Crippen LogP contribution is -2.45. The van der Waals surface area contributed by atoms with Crippen LogP contribution in [0, 0.1) is 13.8 Å². The Morgan fingerprint density at radius 3 is 2.44 bits per heavy atom. The molecule has 0 amide bonds. The molecule has 1 saturated carbocycles. The Hall–Kier alpha value is -1.16. The van der Waals surface area contributed by atoms with Gasteiger partial charge in [0.2, 0.25) is 5.88 Å². The number of nitrogens with zero attached hydrogens (tertiary/aromatic N) is 2. The lowest BCUT2D eigenvalue weighted by atomic mass is 9.93. The third kappa shape index (κ3) is 3.67. The molecule has 0 radical (unpaired) electrons. The third-order valence-corrected chi connectivity index (χ3v) is 3.55. The Morgan fingerprint density at radius 2 is 1.83 bits per heavy atom. The quantitative estimate of drug-likeness (QED) is 0.836. The molecule has 18 heavy (non-hydrogen) atoms. The van der Waals surface area contributed by atoms with Crippen LogP contribution in [0.5, 0.6) is 5.88 Å². The van der Waals surface area contributed by atoms with E-state index in [4.69, 9.17) is 10.5 Å². The van der Waals surface area contributed by atoms with E-state index in [2.05, 4.69) is 9.97 Å². The van der Waals surface area contributed by atoms with Gasteiger partial charge in [-0.1, -0.05) is 25.7 Å². The summed E-state index contributed by atoms with van der Waals surface area (Å²) in [4.78, 5) is 8.52. The van der Waals surface area contributed by atoms with Crippen LogP contribution < -0.4 is 10.5 Å². The Balaban J connectivity index is 1.97. The molecule has 1 aliphatic rings. The Kier molecular flexibility index (Phi) is 4.17. The minimum absolute atomic E-state index is 0.177. The van der Waals surface area contributed by atoms with Crippen molar-refractivity contribution in [2.75, 3.05) is 6.61 Å². The van der Waals surface area contributed by atoms with Crippen molar-refractivity contribution in [3.8, 4) is 5.88 Å². The molecule has 4 nitrogen and oxygen atoms in total. The van der Waals surface area contributed by atoms with Crippen molar-refractivity contribution in [2.24, 2.45) is 5.73 Å². The lowest BCUT2D eigenvalue weighted by molar-refractivity contribution is 0.193. The summed E-state index contributed by atoms with van der Waals surface area (Å²) in [5.74, 6) is 1.39. The van der Waals surface area contributed by atoms with Crippen LogP contribution in [0.4, 0.5) is 0 Å². The molecule has 1 fully saturated rings. The van der Waals surface area contributed by atoms with Crippen LogP contribution in [0.2, 0.25) is 0 Å². The minimum Gasteiger partial charge on any atom is -0.476 e. The number of hydrogen-bond acceptors (Lipinski definition) is 4. The zero-order chi connectivity index (χ0) is 13.0. The smallest absolute Gasteiger partial charge is 0.216 e. The molecule has 0 unspecified atom stereocenters. The van der Waals surface area contributed by atoms with E-state index < -0.39 is 0 Å². The normalized spacial score (nSPS) is 19.3. The van der Waals surface area contributed by atoms with Crippen LogP contribution in [0.1, 0.15) is 50.0 Å². The summed E-state index contributed by atoms with van der Waals surface area (Å²) in [7, 11) is 0. The first-order valence-electron chi connectivity index (χ1n) is 6.81. The zero-order valence-electron chi connectivity index (χ0n) is 11.4. The highest BCUT2D eigenvalue weighted by Gasteiger charge is 2.27. The molecule has 4 heteroatoms. The van der Waals surface area contributed by atoms with Gasteiger partial charge in [-0.05, 0) is 26.7 Å². The van der Waals surface area contributed by atoms with Crippen molar-refractivity contribution < 1.29 is 4.74 Å². The Morgan fingerprint density at radius 1 is 1.17 bits per heavy atom. The number of ether oxygens (including phenoxy) is 1. The third-order valence-electron chi connectivity index (χ3n) is 3.55. The lowest BCUT2D eigenvalue weighted by Gasteiger charge is -2.27. The van der Waals surface area contributed by atoms with Crippen molar-refractivity contribution in [3.05, 3.63) is 17.6 Å². The Labute approximate surface area is 109 Å². The van der Waals surface area contributed by atoms with Gasteiger partial charge >= 0.3 is 0 Å². The summed E-state index contributed by atoms with van der Waals surface area (Å²) < 4.78 is 5.79. The van der Waals surface area contributed by atoms with E-state index in [9.17, 15) is 0 Å². The highest BCUT2D eigenvalue weighted by atomic mass is 16.5. The molecule has 2 rings (SSSR count). The van der Waals surface area contributed by atoms with Gasteiger partial charge in [0.25, 0.3) is 0 Å². The fourth-order valence-corrected chi connectivity index (χ4v) is 2.55. The second kappa shape index (κ2) is 5.65. The first kappa shape index (κ1) is 13.3. The maximum Gasteiger partial charge on any atom is 0.216 e. The molecule has 1 aromatic heterocycles. The highest BCUT2D eigenvalue weighted by molar-refractivity contribution is 5.15. The number of aromatic nitrogens is 2. The van der Waals surface area contributed by atoms with Crippen LogP contribution in [0.25, 0.3) is 0 Å². The fraction of sp³-hybridized carbons (Fsp3) is 0.714. The number of nitrogens with two attached hydrogens (primary N) is 1. The van der Waals surface area contributed by atoms with Crippen LogP contribution in [0.15, 0.2) is 6.07 Å². The van der Waals surface area contributed by atoms with Gasteiger partial charge in [0.15, 0.2) is 0 Å². The molecular formula is C14H23N3O. The molecule has 100 valence electrons. The van der Waals surface area contributed by atoms with Gasteiger partial charge < -0.3 is 10.5 Å². The van der Waals surface area contributed by atoms with Crippen molar-refractivity contribution in [2.45, 2.75) is 57.9 Å². The van der Waals surface area contributed by atoms with Crippen molar-refractivity contribution in [1.82, 2.24) is 9.97 Å². The van der Waals surface area contributed by atoms with Gasteiger partial charge in [0.1, 0.15) is 12.4 Å². The van der Waals surface area contributed by atoms with E-state index in [1.807, 2.05) is 19.9 Å². The molecule has 0 aliphatic heterocycles. The summed E-state index contributed by atoms with van der Waals surface area (Å²) >= 11 is 0. The number of rotatable bonds is 3. The Bertz CT molecular complexity index is 378. The fourth-order valence-electron chi connectivity index (χ4n) is 2.55. The van der Waals surface area contributed by atoms with Crippen LogP contribution in [-0.2, 0) is 0 Å². The van der Waals surface area contributed by atoms with Gasteiger partial charge in [-0.25, -0.2) is 4.98 Å². The molecule has 1 heterocycles. The standard InChI is InChI=1S/C14H23N3O/c1-11-9-13(17-12(2)16-11)18-10-14(15)7-5-3-4-6-8-14/h9H,3-8,10,15H2,1-2H3. The monoisotopic (exact) mass is 249 g/mol. The van der Waals surface area contributed by atoms with Crippen molar-refractivity contribution >= 4 is 0 Å². The van der Waals surface area contributed by atoms with Gasteiger partial charge in [0.05, 0.1) is 5.54 Å². The molecule has 1 aliphatic carbocycles. The summed E-state index contributed by atoms with van der Waals surface area (Å²) in [6.07, 6.45) is 7.12. The molecule has 0 saturated heterocycles. The summed E-state index contributed by atoms with van der Waals surface area (Å²) in [5.41, 5.74) is 7.17. The van der Waals surface area contributed by atoms with E-state index >= 15 is 0 Å². The van der Waals surface area contributed by atoms with E-state index in [0.717, 1.165) is 24.4 Å². The summed E-state index contributed by atoms with van der Waals surface area (Å²) in [6, 6.07) is 1.87. The van der Waals surface area contributed by atoms with E-state index in [1.165, 1.54) is 25.7 Å². The predicted molar refractivity (Wildman–Crippen MR) is 71.6 cm³/mol. The molecule has 0 aromatic carbocycles. The second-order valence-corrected chi connectivity index (χ2v) is 5.46. The van der Waals surface area contributed by atoms with Crippen LogP contribution in [0.3, 0.4) is 0 Å². The van der Waals surface area contributed by atoms with Crippen molar-refractivity contribution in [1.29, 1.82) is 0 Å². The van der Waals surface area contributed by atoms with Crippen LogP contribution in [-0.4, -0.2) is 22.1 Å². The number of aryl methyl sites for hydroxylation is 2. The van der Waals surface area contributed by atoms with E-state index in [1.54, 1.807) is 0 Å². The predicted octanol–water partition coefficient (Wildman–Crippen LogP) is 2.52. The highest BCUT2D eigenvalue weighted by Crippen LogP contribution is 2.25. The molecule has 0 atom stereocenters. The molecular weight excluding hydrogens is 226 g/mol. The topological polar surface area (TPSA) is 61.0 Å². The van der Waals surface area contributed by atoms with Gasteiger partial charge in [-0.2, -0.15) is 4.98 Å². The average Bonchev–Trinajstić information content (AvgIpc) is 2.51. The molecule has 1 aromatic rings. The van der Waals surface area contributed by atoms with Gasteiger partial charge in [-0.15, -0.1) is 0 Å². The summed E-state index contributed by atoms with van der Waals surface area (Å²) in [6.45, 7) is 4.39. The number of hydrogen-bond donors (Lipinski definition) is 1. The first-order chi connectivity index (χ1) is 8.57. The minimum atomic E-state index is -0.177. The first-order valence-corrected chi connectivity index (χ1v) is 6.81. The summed E-state index contributed by atoms with van der Waals surface area (Å²) in [5, 5.41) is 0. The van der Waals surface area contributed by atoms with Gasteiger partial charge in [0, 0.05) is 11.8 Å². The van der Waals surface area contributed by atoms with E-state index in [-0.39, 0.29) is 5.54 Å². The molecule has 0 bridgehead atoms. The molecule has 0 spiro atoms. The van der Waals surface area contributed by atoms with E-state index in [0.29, 0.717) is 12.5 Å². The van der Waals surface area contributed by atoms with Crippen LogP contribution >= 0.6 is 0 Å². The largest absolute Gasteiger partial charge is 0.476 e.